The smallest absolute Gasteiger partial charge is 0.350 e. The van der Waals surface area contributed by atoms with Crippen LogP contribution in [-0.4, -0.2) is 51.7 Å². The van der Waals surface area contributed by atoms with Crippen molar-refractivity contribution >= 4 is 11.4 Å². The van der Waals surface area contributed by atoms with E-state index in [-0.39, 0.29) is 12.4 Å². The molecule has 1 N–H and O–H groups in total. The number of nitrogens with zero attached hydrogens (tertiary/aromatic N) is 5. The maximum absolute atomic E-state index is 13.6. The van der Waals surface area contributed by atoms with E-state index in [1.165, 1.54) is 10.9 Å². The zero-order valence-electron chi connectivity index (χ0n) is 26.3. The van der Waals surface area contributed by atoms with E-state index in [0.717, 1.165) is 47.8 Å². The van der Waals surface area contributed by atoms with Gasteiger partial charge in [-0.25, -0.2) is 14.0 Å². The van der Waals surface area contributed by atoms with Crippen molar-refractivity contribution in [1.82, 2.24) is 14.3 Å². The van der Waals surface area contributed by atoms with Gasteiger partial charge in [0.15, 0.2) is 0 Å². The highest BCUT2D eigenvalue weighted by Gasteiger charge is 2.23. The molecule has 3 aromatic carbocycles. The lowest BCUT2D eigenvalue weighted by Gasteiger charge is -2.37. The molecule has 5 rings (SSSR count). The summed E-state index contributed by atoms with van der Waals surface area (Å²) < 4.78 is 48.7. The van der Waals surface area contributed by atoms with Gasteiger partial charge in [0.25, 0.3) is 0 Å². The first-order valence-corrected chi connectivity index (χ1v) is 12.7. The normalized spacial score (nSPS) is 18.1. The number of phenols is 1. The summed E-state index contributed by atoms with van der Waals surface area (Å²) in [5.74, 6) is 0.240. The zero-order valence-corrected chi connectivity index (χ0v) is 21.3. The predicted octanol–water partition coefficient (Wildman–Crippen LogP) is 4.62. The Labute approximate surface area is 230 Å². The van der Waals surface area contributed by atoms with Crippen LogP contribution in [0.1, 0.15) is 38.6 Å². The quantitative estimate of drug-likeness (QED) is 0.348. The fourth-order valence-corrected chi connectivity index (χ4v) is 4.67. The third-order valence-corrected chi connectivity index (χ3v) is 6.89. The molecule has 1 saturated heterocycles. The molecule has 8 nitrogen and oxygen atoms in total. The highest BCUT2D eigenvalue weighted by molar-refractivity contribution is 5.54. The Morgan fingerprint density at radius 3 is 2.11 bits per heavy atom. The topological polar surface area (TPSA) is 75.8 Å². The zero-order chi connectivity index (χ0) is 30.8. The minimum absolute atomic E-state index is 0.121. The van der Waals surface area contributed by atoms with Gasteiger partial charge in [-0.15, -0.1) is 0 Å². The van der Waals surface area contributed by atoms with Crippen LogP contribution in [0.25, 0.3) is 5.69 Å². The maximum atomic E-state index is 13.6. The number of piperazine rings is 1. The molecular weight excluding hydrogens is 478 g/mol. The summed E-state index contributed by atoms with van der Waals surface area (Å²) in [5.41, 5.74) is 2.75. The molecule has 1 aromatic heterocycles. The summed E-state index contributed by atoms with van der Waals surface area (Å²) in [6.07, 6.45) is -2.52. The standard InChI is InChI=1S/C30H35N5O3/c1-3-29(23(2)38-21-24-7-5-4-6-8-24)35-30(37)34(22-31-35)27-11-9-25(10-12-27)32-17-19-33(20-18-32)26-13-15-28(36)16-14-26/h4-16,22-23,29,36H,3,17-21H2,1-2H3/t23-,29-/m0/s1/i1D3,3D2. The van der Waals surface area contributed by atoms with Gasteiger partial charge in [0.2, 0.25) is 0 Å². The van der Waals surface area contributed by atoms with Crippen molar-refractivity contribution in [2.75, 3.05) is 36.0 Å². The molecule has 1 aliphatic rings. The van der Waals surface area contributed by atoms with Crippen molar-refractivity contribution in [3.8, 4) is 11.4 Å². The fourth-order valence-electron chi connectivity index (χ4n) is 4.67. The van der Waals surface area contributed by atoms with Gasteiger partial charge in [-0.3, -0.25) is 0 Å². The van der Waals surface area contributed by atoms with Crippen LogP contribution in [0.2, 0.25) is 0 Å². The molecule has 0 amide bonds. The van der Waals surface area contributed by atoms with E-state index in [9.17, 15) is 9.90 Å². The van der Waals surface area contributed by atoms with Crippen molar-refractivity contribution in [3.05, 3.63) is 101 Å². The van der Waals surface area contributed by atoms with E-state index in [2.05, 4.69) is 14.9 Å². The number of aromatic nitrogens is 3. The second-order valence-corrected chi connectivity index (χ2v) is 9.33. The molecule has 8 heteroatoms. The van der Waals surface area contributed by atoms with Crippen LogP contribution in [0.5, 0.6) is 5.75 Å². The molecule has 2 heterocycles. The van der Waals surface area contributed by atoms with Crippen LogP contribution in [0.15, 0.2) is 90.0 Å². The van der Waals surface area contributed by atoms with Crippen LogP contribution < -0.4 is 15.5 Å². The van der Waals surface area contributed by atoms with Crippen LogP contribution >= 0.6 is 0 Å². The molecule has 0 radical (unpaired) electrons. The number of phenolic OH excluding ortho intramolecular Hbond substituents is 1. The number of aromatic hydroxyl groups is 1. The highest BCUT2D eigenvalue weighted by Crippen LogP contribution is 2.24. The molecule has 0 saturated carbocycles. The van der Waals surface area contributed by atoms with Gasteiger partial charge in [0.1, 0.15) is 12.1 Å². The maximum Gasteiger partial charge on any atom is 0.350 e. The molecule has 198 valence electrons. The SMILES string of the molecule is [2H]C([2H])([2H])C([2H])([2H])[C@@H]([C@H](C)OCc1ccccc1)n1ncn(-c2ccc(N3CCN(c4ccc(O)cc4)CC3)cc2)c1=O. The Hall–Kier alpha value is -4.04. The van der Waals surface area contributed by atoms with Crippen molar-refractivity contribution in [2.24, 2.45) is 0 Å². The number of benzene rings is 3. The summed E-state index contributed by atoms with van der Waals surface area (Å²) >= 11 is 0. The lowest BCUT2D eigenvalue weighted by atomic mass is 10.1. The molecule has 0 spiro atoms. The Balaban J connectivity index is 1.33. The summed E-state index contributed by atoms with van der Waals surface area (Å²) in [4.78, 5) is 18.1. The lowest BCUT2D eigenvalue weighted by Crippen LogP contribution is -2.46. The van der Waals surface area contributed by atoms with E-state index in [1.807, 2.05) is 54.6 Å². The van der Waals surface area contributed by atoms with Gasteiger partial charge < -0.3 is 19.6 Å². The Morgan fingerprint density at radius 2 is 1.50 bits per heavy atom. The predicted molar refractivity (Wildman–Crippen MR) is 150 cm³/mol. The monoisotopic (exact) mass is 518 g/mol. The average Bonchev–Trinajstić information content (AvgIpc) is 3.37. The lowest BCUT2D eigenvalue weighted by molar-refractivity contribution is 0.0117. The molecule has 38 heavy (non-hydrogen) atoms. The summed E-state index contributed by atoms with van der Waals surface area (Å²) in [5, 5.41) is 13.7. The minimum Gasteiger partial charge on any atom is -0.508 e. The van der Waals surface area contributed by atoms with Crippen molar-refractivity contribution < 1.29 is 16.7 Å². The van der Waals surface area contributed by atoms with Gasteiger partial charge in [-0.05, 0) is 67.4 Å². The highest BCUT2D eigenvalue weighted by atomic mass is 16.5. The fraction of sp³-hybridized carbons (Fsp3) is 0.333. The molecule has 0 unspecified atom stereocenters. The number of anilines is 2. The second-order valence-electron chi connectivity index (χ2n) is 9.33. The minimum atomic E-state index is -3.03. The van der Waals surface area contributed by atoms with Crippen molar-refractivity contribution in [2.45, 2.75) is 38.9 Å². The third-order valence-electron chi connectivity index (χ3n) is 6.89. The van der Waals surface area contributed by atoms with Crippen molar-refractivity contribution in [1.29, 1.82) is 0 Å². The second kappa shape index (κ2) is 11.6. The van der Waals surface area contributed by atoms with Gasteiger partial charge in [-0.1, -0.05) is 37.2 Å². The van der Waals surface area contributed by atoms with Crippen LogP contribution in [0.3, 0.4) is 0 Å². The summed E-state index contributed by atoms with van der Waals surface area (Å²) in [6.45, 7) is 1.87. The number of hydrogen-bond donors (Lipinski definition) is 1. The average molecular weight is 519 g/mol. The summed E-state index contributed by atoms with van der Waals surface area (Å²) in [6, 6.07) is 22.3. The molecular formula is C30H35N5O3. The first-order chi connectivity index (χ1) is 20.5. The van der Waals surface area contributed by atoms with E-state index in [4.69, 9.17) is 11.6 Å². The number of rotatable bonds is 9. The van der Waals surface area contributed by atoms with Crippen LogP contribution in [0.4, 0.5) is 11.4 Å². The first kappa shape index (κ1) is 20.0. The van der Waals surface area contributed by atoms with Crippen molar-refractivity contribution in [3.63, 3.8) is 0 Å². The number of ether oxygens (including phenoxy) is 1. The van der Waals surface area contributed by atoms with E-state index < -0.39 is 31.1 Å². The third kappa shape index (κ3) is 5.60. The van der Waals surface area contributed by atoms with Gasteiger partial charge >= 0.3 is 5.69 Å². The Morgan fingerprint density at radius 1 is 0.921 bits per heavy atom. The number of hydrogen-bond acceptors (Lipinski definition) is 6. The summed E-state index contributed by atoms with van der Waals surface area (Å²) in [7, 11) is 0. The Bertz CT molecular complexity index is 1550. The molecule has 2 atom stereocenters. The largest absolute Gasteiger partial charge is 0.508 e. The molecule has 1 aliphatic heterocycles. The van der Waals surface area contributed by atoms with Crippen LogP contribution in [-0.2, 0) is 11.3 Å². The molecule has 1 fully saturated rings. The van der Waals surface area contributed by atoms with E-state index in [0.29, 0.717) is 5.69 Å². The first-order valence-electron chi connectivity index (χ1n) is 15.2. The van der Waals surface area contributed by atoms with Gasteiger partial charge in [0, 0.05) is 44.4 Å². The van der Waals surface area contributed by atoms with Gasteiger partial charge in [0.05, 0.1) is 24.4 Å². The molecule has 0 bridgehead atoms. The van der Waals surface area contributed by atoms with E-state index >= 15 is 0 Å². The van der Waals surface area contributed by atoms with Crippen LogP contribution in [0, 0.1) is 0 Å². The van der Waals surface area contributed by atoms with E-state index in [1.54, 1.807) is 31.2 Å². The molecule has 4 aromatic rings. The van der Waals surface area contributed by atoms with Gasteiger partial charge in [-0.2, -0.15) is 5.10 Å². The molecule has 0 aliphatic carbocycles. The Kier molecular flexibility index (Phi) is 6.08.